The summed E-state index contributed by atoms with van der Waals surface area (Å²) in [6.07, 6.45) is 2.55. The highest BCUT2D eigenvalue weighted by molar-refractivity contribution is 4.69. The standard InChI is InChI=1S/C9H19N2O/c1-2-3-4-10-5-7-11(9-12)8-6-10/h2-9H2,1H3. The zero-order valence-electron chi connectivity index (χ0n) is 7.96. The van der Waals surface area contributed by atoms with Crippen LogP contribution in [0, 0.1) is 0 Å². The molecule has 0 bridgehead atoms. The lowest BCUT2D eigenvalue weighted by atomic mass is 10.2. The molecule has 3 nitrogen and oxygen atoms in total. The predicted octanol–water partition coefficient (Wildman–Crippen LogP) is 0.792. The second-order valence-corrected chi connectivity index (χ2v) is 3.44. The summed E-state index contributed by atoms with van der Waals surface area (Å²) in [6.45, 7) is 7.50. The zero-order valence-corrected chi connectivity index (χ0v) is 7.96. The molecular formula is C9H19N2O. The number of unbranched alkanes of at least 4 members (excludes halogenated alkanes) is 1. The van der Waals surface area contributed by atoms with Crippen molar-refractivity contribution < 1.29 is 5.11 Å². The van der Waals surface area contributed by atoms with Crippen molar-refractivity contribution in [2.24, 2.45) is 0 Å². The van der Waals surface area contributed by atoms with Gasteiger partial charge in [0.05, 0.1) is 0 Å². The van der Waals surface area contributed by atoms with Gasteiger partial charge in [0.2, 0.25) is 0 Å². The molecule has 1 saturated heterocycles. The van der Waals surface area contributed by atoms with Crippen LogP contribution in [0.2, 0.25) is 0 Å². The molecule has 0 saturated carbocycles. The van der Waals surface area contributed by atoms with E-state index in [1.165, 1.54) is 19.4 Å². The van der Waals surface area contributed by atoms with E-state index >= 15 is 0 Å². The molecule has 1 fully saturated rings. The molecule has 0 aromatic heterocycles. The van der Waals surface area contributed by atoms with Gasteiger partial charge in [-0.25, -0.2) is 5.11 Å². The third-order valence-corrected chi connectivity index (χ3v) is 2.48. The Hall–Kier alpha value is -0.120. The van der Waals surface area contributed by atoms with Crippen molar-refractivity contribution >= 4 is 0 Å². The van der Waals surface area contributed by atoms with Crippen LogP contribution in [0.4, 0.5) is 0 Å². The van der Waals surface area contributed by atoms with Crippen molar-refractivity contribution in [3.63, 3.8) is 0 Å². The topological polar surface area (TPSA) is 26.4 Å². The number of hydrogen-bond donors (Lipinski definition) is 0. The summed E-state index contributed by atoms with van der Waals surface area (Å²) < 4.78 is 0. The van der Waals surface area contributed by atoms with E-state index in [-0.39, 0.29) is 6.73 Å². The van der Waals surface area contributed by atoms with Crippen LogP contribution in [-0.2, 0) is 5.11 Å². The Morgan fingerprint density at radius 1 is 1.08 bits per heavy atom. The molecule has 3 heteroatoms. The van der Waals surface area contributed by atoms with E-state index in [1.807, 2.05) is 4.90 Å². The quantitative estimate of drug-likeness (QED) is 0.625. The monoisotopic (exact) mass is 171 g/mol. The van der Waals surface area contributed by atoms with Gasteiger partial charge in [-0.2, -0.15) is 0 Å². The Morgan fingerprint density at radius 3 is 2.17 bits per heavy atom. The molecule has 1 radical (unpaired) electrons. The van der Waals surface area contributed by atoms with Gasteiger partial charge in [-0.15, -0.1) is 0 Å². The maximum absolute atomic E-state index is 10.5. The fraction of sp³-hybridized carbons (Fsp3) is 1.00. The van der Waals surface area contributed by atoms with Crippen molar-refractivity contribution in [2.45, 2.75) is 19.8 Å². The van der Waals surface area contributed by atoms with Gasteiger partial charge in [-0.3, -0.25) is 4.90 Å². The van der Waals surface area contributed by atoms with Crippen LogP contribution >= 0.6 is 0 Å². The minimum Gasteiger partial charge on any atom is -0.301 e. The second-order valence-electron chi connectivity index (χ2n) is 3.44. The van der Waals surface area contributed by atoms with E-state index < -0.39 is 0 Å². The molecule has 0 unspecified atom stereocenters. The molecule has 1 aliphatic rings. The SMILES string of the molecule is CCCCN1CCN(C[O])CC1. The maximum Gasteiger partial charge on any atom is 0.135 e. The molecule has 1 rings (SSSR count). The molecule has 12 heavy (non-hydrogen) atoms. The molecule has 0 amide bonds. The summed E-state index contributed by atoms with van der Waals surface area (Å²) in [7, 11) is 0. The highest BCUT2D eigenvalue weighted by atomic mass is 16.3. The van der Waals surface area contributed by atoms with Crippen LogP contribution < -0.4 is 0 Å². The maximum atomic E-state index is 10.5. The van der Waals surface area contributed by atoms with E-state index in [2.05, 4.69) is 11.8 Å². The largest absolute Gasteiger partial charge is 0.301 e. The summed E-state index contributed by atoms with van der Waals surface area (Å²) in [5.41, 5.74) is 0. The fourth-order valence-corrected chi connectivity index (χ4v) is 1.52. The van der Waals surface area contributed by atoms with Crippen LogP contribution in [0.25, 0.3) is 0 Å². The summed E-state index contributed by atoms with van der Waals surface area (Å²) >= 11 is 0. The number of hydrogen-bond acceptors (Lipinski definition) is 2. The van der Waals surface area contributed by atoms with Crippen molar-refractivity contribution in [3.8, 4) is 0 Å². The minimum absolute atomic E-state index is 0.0262. The van der Waals surface area contributed by atoms with Crippen molar-refractivity contribution in [3.05, 3.63) is 0 Å². The van der Waals surface area contributed by atoms with Crippen LogP contribution in [0.5, 0.6) is 0 Å². The van der Waals surface area contributed by atoms with Crippen LogP contribution in [-0.4, -0.2) is 49.3 Å². The first kappa shape index (κ1) is 9.96. The third kappa shape index (κ3) is 3.09. The second kappa shape index (κ2) is 5.51. The number of nitrogens with zero attached hydrogens (tertiary/aromatic N) is 2. The summed E-state index contributed by atoms with van der Waals surface area (Å²) in [4.78, 5) is 4.43. The Balaban J connectivity index is 2.09. The van der Waals surface area contributed by atoms with Gasteiger partial charge in [-0.05, 0) is 13.0 Å². The fourth-order valence-electron chi connectivity index (χ4n) is 1.52. The van der Waals surface area contributed by atoms with Crippen molar-refractivity contribution in [2.75, 3.05) is 39.5 Å². The van der Waals surface area contributed by atoms with Gasteiger partial charge in [0.15, 0.2) is 0 Å². The highest BCUT2D eigenvalue weighted by Gasteiger charge is 2.14. The summed E-state index contributed by atoms with van der Waals surface area (Å²) in [5.74, 6) is 0. The molecule has 1 heterocycles. The normalized spacial score (nSPS) is 21.5. The zero-order chi connectivity index (χ0) is 8.81. The molecule has 0 aromatic rings. The van der Waals surface area contributed by atoms with Gasteiger partial charge < -0.3 is 4.90 Å². The van der Waals surface area contributed by atoms with E-state index in [4.69, 9.17) is 0 Å². The molecule has 0 aromatic carbocycles. The minimum atomic E-state index is -0.0262. The lowest BCUT2D eigenvalue weighted by Crippen LogP contribution is -2.46. The van der Waals surface area contributed by atoms with Crippen LogP contribution in [0.3, 0.4) is 0 Å². The van der Waals surface area contributed by atoms with Gasteiger partial charge in [0.25, 0.3) is 0 Å². The molecule has 0 N–H and O–H groups in total. The Bertz CT molecular complexity index is 111. The smallest absolute Gasteiger partial charge is 0.135 e. The number of piperazine rings is 1. The van der Waals surface area contributed by atoms with Gasteiger partial charge >= 0.3 is 0 Å². The highest BCUT2D eigenvalue weighted by Crippen LogP contribution is 2.02. The average molecular weight is 171 g/mol. The van der Waals surface area contributed by atoms with Crippen LogP contribution in [0.1, 0.15) is 19.8 Å². The van der Waals surface area contributed by atoms with E-state index in [0.29, 0.717) is 0 Å². The molecule has 0 spiro atoms. The van der Waals surface area contributed by atoms with Crippen molar-refractivity contribution in [1.82, 2.24) is 9.80 Å². The Labute approximate surface area is 75.0 Å². The molecule has 0 aliphatic carbocycles. The predicted molar refractivity (Wildman–Crippen MR) is 48.5 cm³/mol. The van der Waals surface area contributed by atoms with E-state index in [9.17, 15) is 5.11 Å². The van der Waals surface area contributed by atoms with Gasteiger partial charge in [0.1, 0.15) is 6.73 Å². The van der Waals surface area contributed by atoms with Gasteiger partial charge in [0, 0.05) is 26.2 Å². The molecule has 0 atom stereocenters. The van der Waals surface area contributed by atoms with E-state index in [1.54, 1.807) is 0 Å². The lowest BCUT2D eigenvalue weighted by molar-refractivity contribution is 0.0166. The Morgan fingerprint density at radius 2 is 1.67 bits per heavy atom. The Kier molecular flexibility index (Phi) is 4.58. The van der Waals surface area contributed by atoms with Gasteiger partial charge in [-0.1, -0.05) is 13.3 Å². The first-order valence-corrected chi connectivity index (χ1v) is 4.89. The summed E-state index contributed by atoms with van der Waals surface area (Å²) in [5, 5.41) is 10.5. The van der Waals surface area contributed by atoms with Crippen LogP contribution in [0.15, 0.2) is 0 Å². The average Bonchev–Trinajstić information content (AvgIpc) is 2.15. The first-order valence-electron chi connectivity index (χ1n) is 4.89. The third-order valence-electron chi connectivity index (χ3n) is 2.48. The van der Waals surface area contributed by atoms with Crippen molar-refractivity contribution in [1.29, 1.82) is 0 Å². The lowest BCUT2D eigenvalue weighted by Gasteiger charge is -2.32. The molecular weight excluding hydrogens is 152 g/mol. The first-order chi connectivity index (χ1) is 5.86. The number of rotatable bonds is 4. The molecule has 1 aliphatic heterocycles. The molecule has 71 valence electrons. The van der Waals surface area contributed by atoms with E-state index in [0.717, 1.165) is 26.2 Å². The summed E-state index contributed by atoms with van der Waals surface area (Å²) in [6, 6.07) is 0.